The lowest BCUT2D eigenvalue weighted by atomic mass is 9.99. The Morgan fingerprint density at radius 1 is 0.615 bits per heavy atom. The fourth-order valence-corrected chi connectivity index (χ4v) is 7.29. The molecule has 3 aromatic heterocycles. The van der Waals surface area contributed by atoms with Gasteiger partial charge >= 0.3 is 6.01 Å². The molecule has 3 heterocycles. The van der Waals surface area contributed by atoms with Gasteiger partial charge in [0.2, 0.25) is 0 Å². The molecule has 0 amide bonds. The van der Waals surface area contributed by atoms with Crippen molar-refractivity contribution in [2.45, 2.75) is 0 Å². The van der Waals surface area contributed by atoms with E-state index in [0.717, 1.165) is 27.5 Å². The van der Waals surface area contributed by atoms with E-state index in [1.165, 1.54) is 47.5 Å². The molecule has 4 heteroatoms. The van der Waals surface area contributed by atoms with E-state index in [-0.39, 0.29) is 0 Å². The van der Waals surface area contributed by atoms with Gasteiger partial charge in [0.1, 0.15) is 5.52 Å². The Bertz CT molecular complexity index is 2350. The monoisotopic (exact) mass is 516 g/mol. The molecule has 0 aliphatic rings. The summed E-state index contributed by atoms with van der Waals surface area (Å²) in [5, 5.41) is 7.20. The first kappa shape index (κ1) is 21.1. The van der Waals surface area contributed by atoms with Gasteiger partial charge in [-0.25, -0.2) is 0 Å². The lowest BCUT2D eigenvalue weighted by Crippen LogP contribution is -1.93. The van der Waals surface area contributed by atoms with E-state index in [1.54, 1.807) is 0 Å². The van der Waals surface area contributed by atoms with Crippen molar-refractivity contribution in [2.24, 2.45) is 0 Å². The summed E-state index contributed by atoms with van der Waals surface area (Å²) in [5.74, 6) is 0. The Morgan fingerprint density at radius 3 is 2.08 bits per heavy atom. The molecule has 9 rings (SSSR count). The van der Waals surface area contributed by atoms with Gasteiger partial charge in [0.15, 0.2) is 5.58 Å². The molecule has 0 saturated heterocycles. The highest BCUT2D eigenvalue weighted by molar-refractivity contribution is 7.26. The van der Waals surface area contributed by atoms with Crippen LogP contribution in [-0.4, -0.2) is 9.55 Å². The van der Waals surface area contributed by atoms with Gasteiger partial charge in [-0.2, -0.15) is 4.98 Å². The second kappa shape index (κ2) is 7.79. The van der Waals surface area contributed by atoms with Crippen LogP contribution < -0.4 is 0 Å². The fraction of sp³-hybridized carbons (Fsp3) is 0. The summed E-state index contributed by atoms with van der Waals surface area (Å²) in [7, 11) is 0. The minimum absolute atomic E-state index is 0.592. The summed E-state index contributed by atoms with van der Waals surface area (Å²) < 4.78 is 11.4. The van der Waals surface area contributed by atoms with Crippen LogP contribution in [0.4, 0.5) is 0 Å². The quantitative estimate of drug-likeness (QED) is 0.229. The van der Waals surface area contributed by atoms with Crippen LogP contribution in [0.25, 0.3) is 81.0 Å². The molecule has 0 atom stereocenters. The third kappa shape index (κ3) is 2.95. The number of fused-ring (bicyclic) bond motifs is 9. The van der Waals surface area contributed by atoms with Gasteiger partial charge < -0.3 is 4.42 Å². The highest BCUT2D eigenvalue weighted by Crippen LogP contribution is 2.45. The zero-order valence-corrected chi connectivity index (χ0v) is 21.6. The largest absolute Gasteiger partial charge is 0.422 e. The van der Waals surface area contributed by atoms with Gasteiger partial charge in [-0.05, 0) is 46.7 Å². The summed E-state index contributed by atoms with van der Waals surface area (Å²) in [6.07, 6.45) is 0. The third-order valence-corrected chi connectivity index (χ3v) is 9.03. The summed E-state index contributed by atoms with van der Waals surface area (Å²) in [5.41, 5.74) is 6.26. The van der Waals surface area contributed by atoms with Crippen LogP contribution >= 0.6 is 11.3 Å². The van der Waals surface area contributed by atoms with E-state index in [9.17, 15) is 0 Å². The lowest BCUT2D eigenvalue weighted by molar-refractivity contribution is 0.577. The molecule has 182 valence electrons. The number of aromatic nitrogens is 2. The number of thiophene rings is 1. The first-order valence-electron chi connectivity index (χ1n) is 13.1. The molecule has 6 aromatic carbocycles. The average Bonchev–Trinajstić information content (AvgIpc) is 3.67. The Balaban J connectivity index is 1.40. The highest BCUT2D eigenvalue weighted by atomic mass is 32.1. The Kier molecular flexibility index (Phi) is 4.21. The minimum atomic E-state index is 0.592. The molecule has 9 aromatic rings. The molecule has 0 N–H and O–H groups in total. The van der Waals surface area contributed by atoms with Crippen LogP contribution in [-0.2, 0) is 0 Å². The number of hydrogen-bond acceptors (Lipinski definition) is 3. The molecular weight excluding hydrogens is 496 g/mol. The number of nitrogens with zero attached hydrogens (tertiary/aromatic N) is 2. The number of hydrogen-bond donors (Lipinski definition) is 0. The Morgan fingerprint density at radius 2 is 1.28 bits per heavy atom. The van der Waals surface area contributed by atoms with Crippen LogP contribution in [0, 0.1) is 0 Å². The van der Waals surface area contributed by atoms with Crippen LogP contribution in [0.15, 0.2) is 126 Å². The molecule has 39 heavy (non-hydrogen) atoms. The molecule has 0 radical (unpaired) electrons. The van der Waals surface area contributed by atoms with Gasteiger partial charge in [-0.3, -0.25) is 4.57 Å². The topological polar surface area (TPSA) is 31.0 Å². The number of para-hydroxylation sites is 2. The van der Waals surface area contributed by atoms with E-state index in [0.29, 0.717) is 6.01 Å². The van der Waals surface area contributed by atoms with Crippen LogP contribution in [0.2, 0.25) is 0 Å². The van der Waals surface area contributed by atoms with E-state index in [4.69, 9.17) is 9.40 Å². The molecule has 0 aliphatic heterocycles. The molecule has 0 saturated carbocycles. The Labute approximate surface area is 227 Å². The summed E-state index contributed by atoms with van der Waals surface area (Å²) in [4.78, 5) is 5.14. The van der Waals surface area contributed by atoms with Crippen molar-refractivity contribution in [1.82, 2.24) is 9.55 Å². The maximum Gasteiger partial charge on any atom is 0.307 e. The van der Waals surface area contributed by atoms with Crippen molar-refractivity contribution in [2.75, 3.05) is 0 Å². The minimum Gasteiger partial charge on any atom is -0.422 e. The van der Waals surface area contributed by atoms with E-state index in [1.807, 2.05) is 11.3 Å². The Hall–Kier alpha value is -4.93. The third-order valence-electron chi connectivity index (χ3n) is 7.82. The molecule has 0 unspecified atom stereocenters. The molecule has 0 fully saturated rings. The number of oxazole rings is 1. The maximum absolute atomic E-state index is 6.73. The van der Waals surface area contributed by atoms with Gasteiger partial charge in [-0.15, -0.1) is 11.3 Å². The summed E-state index contributed by atoms with van der Waals surface area (Å²) in [6.45, 7) is 0. The SMILES string of the molecule is c1ccc2cc(-c3cc4nc(-n5c6ccccc6c6ccccc65)oc4c4c3sc3ccccc34)ccc2c1. The second-order valence-corrected chi connectivity index (χ2v) is 11.1. The second-order valence-electron chi connectivity index (χ2n) is 10.0. The van der Waals surface area contributed by atoms with Gasteiger partial charge in [0.25, 0.3) is 0 Å². The maximum atomic E-state index is 6.73. The lowest BCUT2D eigenvalue weighted by Gasteiger charge is -2.06. The van der Waals surface area contributed by atoms with Crippen molar-refractivity contribution >= 4 is 75.2 Å². The van der Waals surface area contributed by atoms with Crippen molar-refractivity contribution in [1.29, 1.82) is 0 Å². The zero-order valence-electron chi connectivity index (χ0n) is 20.8. The number of benzene rings is 6. The van der Waals surface area contributed by atoms with Crippen molar-refractivity contribution < 1.29 is 4.42 Å². The highest BCUT2D eigenvalue weighted by Gasteiger charge is 2.21. The smallest absolute Gasteiger partial charge is 0.307 e. The summed E-state index contributed by atoms with van der Waals surface area (Å²) >= 11 is 1.82. The van der Waals surface area contributed by atoms with Gasteiger partial charge in [0, 0.05) is 36.5 Å². The molecule has 3 nitrogen and oxygen atoms in total. The van der Waals surface area contributed by atoms with E-state index in [2.05, 4.69) is 126 Å². The normalized spacial score (nSPS) is 12.1. The van der Waals surface area contributed by atoms with Crippen molar-refractivity contribution in [3.05, 3.63) is 121 Å². The van der Waals surface area contributed by atoms with Crippen molar-refractivity contribution in [3.8, 4) is 17.1 Å². The zero-order chi connectivity index (χ0) is 25.5. The fourth-order valence-electron chi connectivity index (χ4n) is 6.06. The standard InChI is InChI=1S/C35H20N2OS/c1-2-10-22-19-23(18-17-21(22)9-1)27-20-28-33(32-26-13-5-8-16-31(26)39-34(27)32)38-35(36-28)37-29-14-6-3-11-24(29)25-12-4-7-15-30(25)37/h1-20H. The van der Waals surface area contributed by atoms with Gasteiger partial charge in [0.05, 0.1) is 11.0 Å². The average molecular weight is 517 g/mol. The first-order valence-corrected chi connectivity index (χ1v) is 13.9. The van der Waals surface area contributed by atoms with Crippen LogP contribution in [0.1, 0.15) is 0 Å². The van der Waals surface area contributed by atoms with Crippen LogP contribution in [0.5, 0.6) is 0 Å². The van der Waals surface area contributed by atoms with E-state index >= 15 is 0 Å². The predicted octanol–water partition coefficient (Wildman–Crippen LogP) is 10.1. The molecule has 0 bridgehead atoms. The first-order chi connectivity index (χ1) is 19.3. The molecule has 0 aliphatic carbocycles. The van der Waals surface area contributed by atoms with Crippen molar-refractivity contribution in [3.63, 3.8) is 0 Å². The van der Waals surface area contributed by atoms with Crippen LogP contribution in [0.3, 0.4) is 0 Å². The summed E-state index contributed by atoms with van der Waals surface area (Å²) in [6, 6.07) is 43.6. The predicted molar refractivity (Wildman–Crippen MR) is 164 cm³/mol. The molecular formula is C35H20N2OS. The number of rotatable bonds is 2. The van der Waals surface area contributed by atoms with E-state index < -0.39 is 0 Å². The molecule has 0 spiro atoms. The van der Waals surface area contributed by atoms with Gasteiger partial charge in [-0.1, -0.05) is 91.0 Å².